The van der Waals surface area contributed by atoms with Crippen molar-refractivity contribution in [2.24, 2.45) is 23.5 Å². The summed E-state index contributed by atoms with van der Waals surface area (Å²) >= 11 is 4.89. The number of rotatable bonds is 8. The van der Waals surface area contributed by atoms with E-state index in [-0.39, 0.29) is 16.8 Å². The summed E-state index contributed by atoms with van der Waals surface area (Å²) in [4.78, 5) is 12.0. The van der Waals surface area contributed by atoms with Gasteiger partial charge in [-0.3, -0.25) is 4.79 Å². The Labute approximate surface area is 109 Å². The zero-order valence-corrected chi connectivity index (χ0v) is 12.0. The van der Waals surface area contributed by atoms with E-state index in [2.05, 4.69) is 19.2 Å². The summed E-state index contributed by atoms with van der Waals surface area (Å²) in [6.07, 6.45) is 0. The molecule has 0 saturated heterocycles. The van der Waals surface area contributed by atoms with E-state index in [1.807, 2.05) is 13.8 Å². The van der Waals surface area contributed by atoms with E-state index in [9.17, 15) is 4.79 Å². The van der Waals surface area contributed by atoms with Crippen molar-refractivity contribution in [3.63, 3.8) is 0 Å². The van der Waals surface area contributed by atoms with Crippen LogP contribution >= 0.6 is 12.2 Å². The quantitative estimate of drug-likeness (QED) is 0.510. The van der Waals surface area contributed by atoms with E-state index < -0.39 is 5.92 Å². The number of carbonyl (C=O) groups excluding carboxylic acids is 1. The van der Waals surface area contributed by atoms with Gasteiger partial charge in [0.05, 0.1) is 17.5 Å². The molecule has 1 atom stereocenters. The van der Waals surface area contributed by atoms with Crippen LogP contribution in [0.4, 0.5) is 0 Å². The zero-order valence-electron chi connectivity index (χ0n) is 11.2. The fourth-order valence-corrected chi connectivity index (χ4v) is 1.82. The lowest BCUT2D eigenvalue weighted by atomic mass is 9.95. The van der Waals surface area contributed by atoms with Crippen molar-refractivity contribution in [1.29, 1.82) is 0 Å². The van der Waals surface area contributed by atoms with Gasteiger partial charge in [-0.2, -0.15) is 0 Å². The van der Waals surface area contributed by atoms with Crippen LogP contribution in [0.25, 0.3) is 0 Å². The van der Waals surface area contributed by atoms with Gasteiger partial charge in [0.1, 0.15) is 0 Å². The molecule has 17 heavy (non-hydrogen) atoms. The fourth-order valence-electron chi connectivity index (χ4n) is 1.44. The molecule has 3 N–H and O–H groups in total. The molecule has 1 amide bonds. The van der Waals surface area contributed by atoms with Gasteiger partial charge in [-0.05, 0) is 11.8 Å². The number of amides is 1. The fraction of sp³-hybridized carbons (Fsp3) is 0.833. The summed E-state index contributed by atoms with van der Waals surface area (Å²) < 4.78 is 5.37. The average molecular weight is 260 g/mol. The van der Waals surface area contributed by atoms with Crippen molar-refractivity contribution in [3.8, 4) is 0 Å². The van der Waals surface area contributed by atoms with Crippen LogP contribution in [0.5, 0.6) is 0 Å². The van der Waals surface area contributed by atoms with Crippen molar-refractivity contribution in [2.45, 2.75) is 27.7 Å². The van der Waals surface area contributed by atoms with Crippen molar-refractivity contribution in [3.05, 3.63) is 0 Å². The van der Waals surface area contributed by atoms with Gasteiger partial charge in [-0.15, -0.1) is 0 Å². The molecule has 0 aliphatic heterocycles. The first kappa shape index (κ1) is 16.3. The highest BCUT2D eigenvalue weighted by Crippen LogP contribution is 2.11. The van der Waals surface area contributed by atoms with Crippen molar-refractivity contribution >= 4 is 23.1 Å². The van der Waals surface area contributed by atoms with Crippen molar-refractivity contribution in [2.75, 3.05) is 19.8 Å². The highest BCUT2D eigenvalue weighted by atomic mass is 32.1. The Bertz CT molecular complexity index is 255. The number of nitrogens with two attached hydrogens (primary N) is 1. The van der Waals surface area contributed by atoms with E-state index in [0.29, 0.717) is 25.7 Å². The van der Waals surface area contributed by atoms with Gasteiger partial charge in [0.15, 0.2) is 0 Å². The Balaban J connectivity index is 3.88. The molecule has 0 rings (SSSR count). The lowest BCUT2D eigenvalue weighted by Gasteiger charge is -2.18. The van der Waals surface area contributed by atoms with Gasteiger partial charge in [0.2, 0.25) is 5.91 Å². The second-order valence-electron chi connectivity index (χ2n) is 4.88. The van der Waals surface area contributed by atoms with Gasteiger partial charge in [0, 0.05) is 13.2 Å². The third-order valence-corrected chi connectivity index (χ3v) is 2.51. The molecule has 0 aliphatic rings. The van der Waals surface area contributed by atoms with Crippen molar-refractivity contribution in [1.82, 2.24) is 5.32 Å². The standard InChI is InChI=1S/C12H24N2O2S/c1-8(2)7-16-6-5-14-12(15)10(9(3)4)11(13)17/h8-10H,5-7H2,1-4H3,(H2,13,17)(H,14,15). The predicted octanol–water partition coefficient (Wildman–Crippen LogP) is 1.33. The van der Waals surface area contributed by atoms with E-state index in [4.69, 9.17) is 22.7 Å². The largest absolute Gasteiger partial charge is 0.393 e. The van der Waals surface area contributed by atoms with Gasteiger partial charge in [-0.1, -0.05) is 39.9 Å². The molecule has 0 heterocycles. The first-order chi connectivity index (χ1) is 7.86. The molecule has 100 valence electrons. The minimum atomic E-state index is -0.393. The van der Waals surface area contributed by atoms with Crippen LogP contribution in [0.3, 0.4) is 0 Å². The summed E-state index contributed by atoms with van der Waals surface area (Å²) in [6, 6.07) is 0. The molecular weight excluding hydrogens is 236 g/mol. The van der Waals surface area contributed by atoms with Crippen LogP contribution in [0.1, 0.15) is 27.7 Å². The molecule has 0 aromatic rings. The van der Waals surface area contributed by atoms with Gasteiger partial charge in [0.25, 0.3) is 0 Å². The maximum Gasteiger partial charge on any atom is 0.230 e. The van der Waals surface area contributed by atoms with E-state index in [0.717, 1.165) is 0 Å². The van der Waals surface area contributed by atoms with E-state index in [1.54, 1.807) is 0 Å². The van der Waals surface area contributed by atoms with E-state index >= 15 is 0 Å². The molecular formula is C12H24N2O2S. The summed E-state index contributed by atoms with van der Waals surface area (Å²) in [5, 5.41) is 2.79. The van der Waals surface area contributed by atoms with Crippen LogP contribution in [0.2, 0.25) is 0 Å². The zero-order chi connectivity index (χ0) is 13.4. The Morgan fingerprint density at radius 2 is 1.94 bits per heavy atom. The minimum absolute atomic E-state index is 0.111. The van der Waals surface area contributed by atoms with Crippen LogP contribution in [-0.4, -0.2) is 30.7 Å². The number of hydrogen-bond donors (Lipinski definition) is 2. The summed E-state index contributed by atoms with van der Waals surface area (Å²) in [5.41, 5.74) is 5.55. The second-order valence-corrected chi connectivity index (χ2v) is 5.36. The van der Waals surface area contributed by atoms with E-state index in [1.165, 1.54) is 0 Å². The molecule has 0 fully saturated rings. The lowest BCUT2D eigenvalue weighted by Crippen LogP contribution is -2.41. The first-order valence-corrected chi connectivity index (χ1v) is 6.41. The predicted molar refractivity (Wildman–Crippen MR) is 73.8 cm³/mol. The van der Waals surface area contributed by atoms with Crippen LogP contribution in [0, 0.1) is 17.8 Å². The molecule has 0 saturated carbocycles. The summed E-state index contributed by atoms with van der Waals surface area (Å²) in [5.74, 6) is 0.116. The number of carbonyl (C=O) groups is 1. The molecule has 0 bridgehead atoms. The third kappa shape index (κ3) is 7.28. The number of thiocarbonyl (C=S) groups is 1. The molecule has 5 heteroatoms. The van der Waals surface area contributed by atoms with Crippen LogP contribution in [0.15, 0.2) is 0 Å². The Hall–Kier alpha value is -0.680. The Morgan fingerprint density at radius 3 is 2.35 bits per heavy atom. The molecule has 0 spiro atoms. The van der Waals surface area contributed by atoms with Crippen molar-refractivity contribution < 1.29 is 9.53 Å². The average Bonchev–Trinajstić information content (AvgIpc) is 2.15. The highest BCUT2D eigenvalue weighted by Gasteiger charge is 2.24. The smallest absolute Gasteiger partial charge is 0.230 e. The maximum atomic E-state index is 11.8. The number of nitrogens with one attached hydrogen (secondary N) is 1. The monoisotopic (exact) mass is 260 g/mol. The molecule has 0 aromatic carbocycles. The topological polar surface area (TPSA) is 64.3 Å². The van der Waals surface area contributed by atoms with Crippen LogP contribution in [-0.2, 0) is 9.53 Å². The Morgan fingerprint density at radius 1 is 1.35 bits per heavy atom. The molecule has 0 radical (unpaired) electrons. The minimum Gasteiger partial charge on any atom is -0.393 e. The molecule has 0 aliphatic carbocycles. The summed E-state index contributed by atoms with van der Waals surface area (Å²) in [6.45, 7) is 9.75. The van der Waals surface area contributed by atoms with Gasteiger partial charge in [-0.25, -0.2) is 0 Å². The SMILES string of the molecule is CC(C)COCCNC(=O)C(C(N)=S)C(C)C. The third-order valence-electron chi connectivity index (χ3n) is 2.25. The highest BCUT2D eigenvalue weighted by molar-refractivity contribution is 7.80. The number of hydrogen-bond acceptors (Lipinski definition) is 3. The van der Waals surface area contributed by atoms with Gasteiger partial charge < -0.3 is 15.8 Å². The maximum absolute atomic E-state index is 11.8. The van der Waals surface area contributed by atoms with Gasteiger partial charge >= 0.3 is 0 Å². The molecule has 0 aromatic heterocycles. The Kier molecular flexibility index (Phi) is 8.08. The normalized spacial score (nSPS) is 12.8. The molecule has 4 nitrogen and oxygen atoms in total. The van der Waals surface area contributed by atoms with Crippen LogP contribution < -0.4 is 11.1 Å². The summed E-state index contributed by atoms with van der Waals surface area (Å²) in [7, 11) is 0. The molecule has 1 unspecified atom stereocenters. The second kappa shape index (κ2) is 8.42. The lowest BCUT2D eigenvalue weighted by molar-refractivity contribution is -0.124. The first-order valence-electron chi connectivity index (χ1n) is 6.01. The number of ether oxygens (including phenoxy) is 1.